The molecular weight excluding hydrogens is 481 g/mol. The van der Waals surface area contributed by atoms with Gasteiger partial charge in [0.25, 0.3) is 5.56 Å². The van der Waals surface area contributed by atoms with Crippen LogP contribution in [0.15, 0.2) is 58.5 Å². The van der Waals surface area contributed by atoms with Gasteiger partial charge >= 0.3 is 5.97 Å². The molecule has 0 N–H and O–H groups in total. The quantitative estimate of drug-likeness (QED) is 0.148. The number of ether oxygens (including phenoxy) is 1. The highest BCUT2D eigenvalue weighted by molar-refractivity contribution is 7.99. The average Bonchev–Trinajstić information content (AvgIpc) is 3.15. The highest BCUT2D eigenvalue weighted by Gasteiger charge is 2.20. The minimum Gasteiger partial charge on any atom is -0.465 e. The van der Waals surface area contributed by atoms with Gasteiger partial charge in [-0.05, 0) is 67.5 Å². The standard InChI is InChI=1S/C23H20FN3O3S3/c1-3-14-5-9-16(10-6-14)26-20-19(33-23(26)31)21(29)27(17-11-7-15(24)8-12-17)22(25-20)32-13-18(28)30-4-2/h5-12H,3-4,13H2,1-2H3. The first-order chi connectivity index (χ1) is 15.9. The molecule has 170 valence electrons. The maximum Gasteiger partial charge on any atom is 0.316 e. The van der Waals surface area contributed by atoms with E-state index in [0.29, 0.717) is 25.1 Å². The molecule has 6 nitrogen and oxygen atoms in total. The van der Waals surface area contributed by atoms with Crippen LogP contribution >= 0.6 is 35.3 Å². The van der Waals surface area contributed by atoms with Gasteiger partial charge in [-0.25, -0.2) is 9.37 Å². The summed E-state index contributed by atoms with van der Waals surface area (Å²) in [5.41, 5.74) is 2.51. The fourth-order valence-electron chi connectivity index (χ4n) is 3.28. The second kappa shape index (κ2) is 9.98. The number of nitrogens with zero attached hydrogens (tertiary/aromatic N) is 3. The van der Waals surface area contributed by atoms with Crippen molar-refractivity contribution in [1.29, 1.82) is 0 Å². The van der Waals surface area contributed by atoms with Gasteiger partial charge in [-0.3, -0.25) is 18.7 Å². The fraction of sp³-hybridized carbons (Fsp3) is 0.217. The zero-order valence-electron chi connectivity index (χ0n) is 17.9. The molecule has 2 heterocycles. The van der Waals surface area contributed by atoms with Gasteiger partial charge in [0.15, 0.2) is 14.8 Å². The Labute approximate surface area is 202 Å². The summed E-state index contributed by atoms with van der Waals surface area (Å²) in [5, 5.41) is 0.291. The minimum atomic E-state index is -0.418. The maximum absolute atomic E-state index is 13.6. The van der Waals surface area contributed by atoms with Crippen molar-refractivity contribution < 1.29 is 13.9 Å². The molecule has 0 aliphatic carbocycles. The molecule has 0 fully saturated rings. The molecular formula is C23H20FN3O3S3. The van der Waals surface area contributed by atoms with Gasteiger partial charge in [0, 0.05) is 5.69 Å². The minimum absolute atomic E-state index is 0.0248. The molecule has 0 radical (unpaired) electrons. The van der Waals surface area contributed by atoms with Crippen molar-refractivity contribution in [2.24, 2.45) is 0 Å². The van der Waals surface area contributed by atoms with Crippen molar-refractivity contribution >= 4 is 51.6 Å². The molecule has 0 atom stereocenters. The Balaban J connectivity index is 1.92. The zero-order chi connectivity index (χ0) is 23.5. The number of aromatic nitrogens is 3. The van der Waals surface area contributed by atoms with Crippen LogP contribution < -0.4 is 5.56 Å². The number of thiazole rings is 1. The summed E-state index contributed by atoms with van der Waals surface area (Å²) < 4.78 is 22.5. The Morgan fingerprint density at radius 3 is 2.36 bits per heavy atom. The zero-order valence-corrected chi connectivity index (χ0v) is 20.4. The van der Waals surface area contributed by atoms with Crippen LogP contribution in [-0.2, 0) is 16.0 Å². The van der Waals surface area contributed by atoms with Crippen molar-refractivity contribution in [2.45, 2.75) is 25.4 Å². The lowest BCUT2D eigenvalue weighted by molar-refractivity contribution is -0.139. The fourth-order valence-corrected chi connectivity index (χ4v) is 5.39. The van der Waals surface area contributed by atoms with Crippen molar-refractivity contribution in [3.8, 4) is 11.4 Å². The number of carbonyl (C=O) groups is 1. The van der Waals surface area contributed by atoms with Gasteiger partial charge in [0.2, 0.25) is 0 Å². The van der Waals surface area contributed by atoms with E-state index in [1.165, 1.54) is 45.7 Å². The van der Waals surface area contributed by atoms with Crippen LogP contribution in [0, 0.1) is 9.77 Å². The number of rotatable bonds is 7. The molecule has 2 aromatic heterocycles. The molecule has 0 saturated heterocycles. The average molecular weight is 502 g/mol. The third kappa shape index (κ3) is 4.78. The monoisotopic (exact) mass is 501 g/mol. The number of esters is 1. The molecule has 2 aromatic carbocycles. The lowest BCUT2D eigenvalue weighted by Gasteiger charge is -2.13. The molecule has 10 heteroatoms. The summed E-state index contributed by atoms with van der Waals surface area (Å²) >= 11 is 7.83. The molecule has 0 saturated carbocycles. The van der Waals surface area contributed by atoms with E-state index in [1.54, 1.807) is 11.5 Å². The molecule has 4 rings (SSSR count). The lowest BCUT2D eigenvalue weighted by atomic mass is 10.1. The lowest BCUT2D eigenvalue weighted by Crippen LogP contribution is -2.22. The second-order valence-electron chi connectivity index (χ2n) is 6.98. The maximum atomic E-state index is 13.6. The summed E-state index contributed by atoms with van der Waals surface area (Å²) in [4.78, 5) is 30.3. The van der Waals surface area contributed by atoms with Crippen LogP contribution in [0.1, 0.15) is 19.4 Å². The number of thioether (sulfide) groups is 1. The van der Waals surface area contributed by atoms with Crippen LogP contribution in [0.4, 0.5) is 4.39 Å². The van der Waals surface area contributed by atoms with E-state index in [2.05, 4.69) is 6.92 Å². The topological polar surface area (TPSA) is 66.1 Å². The van der Waals surface area contributed by atoms with Crippen molar-refractivity contribution in [2.75, 3.05) is 12.4 Å². The largest absolute Gasteiger partial charge is 0.465 e. The summed E-state index contributed by atoms with van der Waals surface area (Å²) in [6.07, 6.45) is 0.908. The van der Waals surface area contributed by atoms with E-state index in [1.807, 2.05) is 24.3 Å². The summed E-state index contributed by atoms with van der Waals surface area (Å²) in [5.74, 6) is -0.859. The van der Waals surface area contributed by atoms with Crippen LogP contribution in [0.2, 0.25) is 0 Å². The van der Waals surface area contributed by atoms with E-state index in [9.17, 15) is 14.0 Å². The number of halogens is 1. The number of hydrogen-bond acceptors (Lipinski definition) is 7. The normalized spacial score (nSPS) is 11.1. The number of aryl methyl sites for hydroxylation is 1. The summed E-state index contributed by atoms with van der Waals surface area (Å²) in [6.45, 7) is 4.06. The molecule has 0 unspecified atom stereocenters. The van der Waals surface area contributed by atoms with Crippen LogP contribution in [0.5, 0.6) is 0 Å². The molecule has 0 amide bonds. The molecule has 33 heavy (non-hydrogen) atoms. The van der Waals surface area contributed by atoms with Gasteiger partial charge in [-0.1, -0.05) is 42.2 Å². The number of benzene rings is 2. The predicted octanol–water partition coefficient (Wildman–Crippen LogP) is 5.32. The van der Waals surface area contributed by atoms with Crippen molar-refractivity contribution in [1.82, 2.24) is 14.1 Å². The number of hydrogen-bond donors (Lipinski definition) is 0. The van der Waals surface area contributed by atoms with Gasteiger partial charge in [0.1, 0.15) is 10.5 Å². The van der Waals surface area contributed by atoms with E-state index in [0.717, 1.165) is 23.9 Å². The first-order valence-electron chi connectivity index (χ1n) is 10.2. The summed E-state index contributed by atoms with van der Waals surface area (Å²) in [6, 6.07) is 13.4. The summed E-state index contributed by atoms with van der Waals surface area (Å²) in [7, 11) is 0. The van der Waals surface area contributed by atoms with Gasteiger partial charge in [-0.15, -0.1) is 0 Å². The Morgan fingerprint density at radius 1 is 1.09 bits per heavy atom. The Kier molecular flexibility index (Phi) is 7.06. The van der Waals surface area contributed by atoms with E-state index in [4.69, 9.17) is 21.9 Å². The first-order valence-corrected chi connectivity index (χ1v) is 12.5. The SMILES string of the molecule is CCOC(=O)CSc1nc2c(sc(=S)n2-c2ccc(CC)cc2)c(=O)n1-c1ccc(F)cc1. The van der Waals surface area contributed by atoms with E-state index < -0.39 is 11.8 Å². The van der Waals surface area contributed by atoms with Crippen LogP contribution in [-0.4, -0.2) is 32.4 Å². The Hall–Kier alpha value is -2.82. The third-order valence-corrected chi connectivity index (χ3v) is 7.15. The van der Waals surface area contributed by atoms with E-state index >= 15 is 0 Å². The van der Waals surface area contributed by atoms with Crippen LogP contribution in [0.3, 0.4) is 0 Å². The number of fused-ring (bicyclic) bond motifs is 1. The number of carbonyl (C=O) groups excluding carboxylic acids is 1. The highest BCUT2D eigenvalue weighted by Crippen LogP contribution is 2.27. The third-order valence-electron chi connectivity index (χ3n) is 4.89. The smallest absolute Gasteiger partial charge is 0.316 e. The second-order valence-corrected chi connectivity index (χ2v) is 9.57. The van der Waals surface area contributed by atoms with Gasteiger partial charge in [-0.2, -0.15) is 0 Å². The predicted molar refractivity (Wildman–Crippen MR) is 132 cm³/mol. The van der Waals surface area contributed by atoms with Crippen molar-refractivity contribution in [3.05, 3.63) is 74.2 Å². The van der Waals surface area contributed by atoms with E-state index in [-0.39, 0.29) is 17.9 Å². The molecule has 0 aliphatic rings. The molecule has 4 aromatic rings. The molecule has 0 spiro atoms. The van der Waals surface area contributed by atoms with Gasteiger partial charge < -0.3 is 4.74 Å². The van der Waals surface area contributed by atoms with Gasteiger partial charge in [0.05, 0.1) is 18.0 Å². The van der Waals surface area contributed by atoms with Crippen LogP contribution in [0.25, 0.3) is 21.7 Å². The van der Waals surface area contributed by atoms with Crippen molar-refractivity contribution in [3.63, 3.8) is 0 Å². The molecule has 0 bridgehead atoms. The first kappa shape index (κ1) is 23.3. The Morgan fingerprint density at radius 2 is 1.73 bits per heavy atom. The molecule has 0 aliphatic heterocycles. The highest BCUT2D eigenvalue weighted by atomic mass is 32.2. The Bertz CT molecular complexity index is 1420.